The molecular formula is C21H18F4N2O3. The van der Waals surface area contributed by atoms with Crippen LogP contribution in [0.3, 0.4) is 0 Å². The number of hydrogen-bond acceptors (Lipinski definition) is 4. The Morgan fingerprint density at radius 2 is 2.13 bits per heavy atom. The lowest BCUT2D eigenvalue weighted by atomic mass is 9.92. The molecule has 0 fully saturated rings. The second-order valence-corrected chi connectivity index (χ2v) is 6.93. The highest BCUT2D eigenvalue weighted by Crippen LogP contribution is 2.44. The van der Waals surface area contributed by atoms with Crippen LogP contribution in [0, 0.1) is 17.2 Å². The van der Waals surface area contributed by atoms with E-state index in [4.69, 9.17) is 5.26 Å². The van der Waals surface area contributed by atoms with Crippen molar-refractivity contribution >= 4 is 16.9 Å². The number of alkyl halides is 3. The Bertz CT molecular complexity index is 1080. The topological polar surface area (TPSA) is 75.2 Å². The minimum absolute atomic E-state index is 0.0577. The van der Waals surface area contributed by atoms with Gasteiger partial charge in [-0.05, 0) is 25.1 Å². The molecule has 2 atom stereocenters. The van der Waals surface area contributed by atoms with Crippen molar-refractivity contribution in [2.75, 3.05) is 6.61 Å². The van der Waals surface area contributed by atoms with Gasteiger partial charge in [0.05, 0.1) is 18.2 Å². The quantitative estimate of drug-likeness (QED) is 0.577. The monoisotopic (exact) mass is 422 g/mol. The first kappa shape index (κ1) is 21.6. The summed E-state index contributed by atoms with van der Waals surface area (Å²) in [6, 6.07) is 5.80. The van der Waals surface area contributed by atoms with Crippen molar-refractivity contribution in [3.63, 3.8) is 0 Å². The maximum atomic E-state index is 13.9. The lowest BCUT2D eigenvalue weighted by Gasteiger charge is -2.27. The molecule has 9 heteroatoms. The van der Waals surface area contributed by atoms with E-state index in [2.05, 4.69) is 4.74 Å². The van der Waals surface area contributed by atoms with Crippen LogP contribution in [0.4, 0.5) is 17.6 Å². The first-order valence-electron chi connectivity index (χ1n) is 9.14. The van der Waals surface area contributed by atoms with Crippen LogP contribution in [0.2, 0.25) is 0 Å². The summed E-state index contributed by atoms with van der Waals surface area (Å²) in [5.41, 5.74) is -4.21. The van der Waals surface area contributed by atoms with Crippen LogP contribution in [-0.2, 0) is 21.7 Å². The summed E-state index contributed by atoms with van der Waals surface area (Å²) in [5, 5.41) is 19.7. The fraction of sp³-hybridized carbons (Fsp3) is 0.333. The van der Waals surface area contributed by atoms with E-state index in [0.29, 0.717) is 0 Å². The van der Waals surface area contributed by atoms with E-state index in [1.807, 2.05) is 6.07 Å². The molecule has 5 nitrogen and oxygen atoms in total. The zero-order valence-corrected chi connectivity index (χ0v) is 15.9. The van der Waals surface area contributed by atoms with Gasteiger partial charge < -0.3 is 14.4 Å². The Balaban J connectivity index is 2.19. The van der Waals surface area contributed by atoms with Gasteiger partial charge in [-0.15, -0.1) is 0 Å². The third-order valence-corrected chi connectivity index (χ3v) is 4.93. The summed E-state index contributed by atoms with van der Waals surface area (Å²) in [6.07, 6.45) is 0.245. The van der Waals surface area contributed by atoms with Crippen molar-refractivity contribution in [2.24, 2.45) is 5.92 Å². The Hall–Kier alpha value is -3.12. The number of ether oxygens (including phenoxy) is 1. The van der Waals surface area contributed by atoms with Crippen molar-refractivity contribution in [3.05, 3.63) is 59.6 Å². The van der Waals surface area contributed by atoms with E-state index in [9.17, 15) is 27.5 Å². The highest BCUT2D eigenvalue weighted by atomic mass is 19.4. The first-order chi connectivity index (χ1) is 14.1. The average Bonchev–Trinajstić information content (AvgIpc) is 3.04. The number of nitrogens with zero attached hydrogens (tertiary/aromatic N) is 2. The van der Waals surface area contributed by atoms with Gasteiger partial charge >= 0.3 is 12.1 Å². The average molecular weight is 422 g/mol. The standard InChI is InChI=1S/C21H18F4N2O3/c1-2-30-19(28)20(29,21(23,24)25)17-12-27(11-14-4-3-5-15(22)8-14)18-9-13(10-26)6-7-16(17)18/h3-7,9,12,14,29H,2,8,11H2,1H3. The Morgan fingerprint density at radius 3 is 2.73 bits per heavy atom. The highest BCUT2D eigenvalue weighted by molar-refractivity contribution is 5.93. The molecule has 1 heterocycles. The molecule has 0 spiro atoms. The number of esters is 1. The third kappa shape index (κ3) is 3.71. The smallest absolute Gasteiger partial charge is 0.432 e. The van der Waals surface area contributed by atoms with Crippen LogP contribution < -0.4 is 0 Å². The van der Waals surface area contributed by atoms with E-state index in [1.54, 1.807) is 6.08 Å². The molecule has 158 valence electrons. The lowest BCUT2D eigenvalue weighted by molar-refractivity contribution is -0.267. The van der Waals surface area contributed by atoms with Gasteiger partial charge in [0.2, 0.25) is 0 Å². The number of rotatable bonds is 5. The van der Waals surface area contributed by atoms with Gasteiger partial charge in [-0.25, -0.2) is 9.18 Å². The van der Waals surface area contributed by atoms with Gasteiger partial charge in [0.1, 0.15) is 5.83 Å². The molecule has 1 aliphatic carbocycles. The second kappa shape index (κ2) is 7.95. The van der Waals surface area contributed by atoms with E-state index < -0.39 is 23.3 Å². The predicted molar refractivity (Wildman–Crippen MR) is 99.7 cm³/mol. The molecule has 30 heavy (non-hydrogen) atoms. The van der Waals surface area contributed by atoms with Crippen molar-refractivity contribution in [3.8, 4) is 6.07 Å². The molecule has 1 aromatic carbocycles. The molecule has 0 bridgehead atoms. The molecule has 0 amide bonds. The molecule has 2 unspecified atom stereocenters. The number of allylic oxidation sites excluding steroid dienone is 4. The number of carbonyl (C=O) groups excluding carboxylic acids is 1. The predicted octanol–water partition coefficient (Wildman–Crippen LogP) is 4.26. The molecule has 2 aromatic rings. The highest BCUT2D eigenvalue weighted by Gasteiger charge is 2.63. The van der Waals surface area contributed by atoms with E-state index in [1.165, 1.54) is 41.8 Å². The minimum atomic E-state index is -5.36. The zero-order valence-electron chi connectivity index (χ0n) is 15.9. The molecule has 0 saturated heterocycles. The largest absolute Gasteiger partial charge is 0.463 e. The summed E-state index contributed by atoms with van der Waals surface area (Å²) in [4.78, 5) is 12.2. The number of fused-ring (bicyclic) bond motifs is 1. The van der Waals surface area contributed by atoms with Crippen molar-refractivity contribution < 1.29 is 32.2 Å². The zero-order chi connectivity index (χ0) is 22.1. The summed E-state index contributed by atoms with van der Waals surface area (Å²) in [6.45, 7) is 1.06. The third-order valence-electron chi connectivity index (χ3n) is 4.93. The number of halogens is 4. The molecule has 1 aliphatic rings. The van der Waals surface area contributed by atoms with E-state index >= 15 is 0 Å². The number of aromatic nitrogens is 1. The van der Waals surface area contributed by atoms with Crippen LogP contribution >= 0.6 is 0 Å². The molecule has 1 aromatic heterocycles. The number of benzene rings is 1. The fourth-order valence-electron chi connectivity index (χ4n) is 3.50. The van der Waals surface area contributed by atoms with Crippen molar-refractivity contribution in [1.29, 1.82) is 5.26 Å². The molecular weight excluding hydrogens is 404 g/mol. The number of carbonyl (C=O) groups is 1. The van der Waals surface area contributed by atoms with Crippen molar-refractivity contribution in [2.45, 2.75) is 31.7 Å². The normalized spacial score (nSPS) is 18.6. The molecule has 0 aliphatic heterocycles. The number of aliphatic hydroxyl groups is 1. The van der Waals surface area contributed by atoms with E-state index in [-0.39, 0.29) is 47.8 Å². The van der Waals surface area contributed by atoms with Crippen LogP contribution in [0.25, 0.3) is 10.9 Å². The van der Waals surface area contributed by atoms with Gasteiger partial charge in [0, 0.05) is 41.5 Å². The van der Waals surface area contributed by atoms with Crippen LogP contribution in [-0.4, -0.2) is 28.4 Å². The van der Waals surface area contributed by atoms with Crippen LogP contribution in [0.15, 0.2) is 48.5 Å². The second-order valence-electron chi connectivity index (χ2n) is 6.93. The number of hydrogen-bond donors (Lipinski definition) is 1. The van der Waals surface area contributed by atoms with Gasteiger partial charge in [-0.1, -0.05) is 18.2 Å². The molecule has 0 radical (unpaired) electrons. The molecule has 1 N–H and O–H groups in total. The molecule has 3 rings (SSSR count). The summed E-state index contributed by atoms with van der Waals surface area (Å²) < 4.78 is 61.1. The van der Waals surface area contributed by atoms with Gasteiger partial charge in [0.15, 0.2) is 0 Å². The van der Waals surface area contributed by atoms with Crippen LogP contribution in [0.5, 0.6) is 0 Å². The molecule has 0 saturated carbocycles. The minimum Gasteiger partial charge on any atom is -0.463 e. The Kier molecular flexibility index (Phi) is 5.72. The lowest BCUT2D eigenvalue weighted by Crippen LogP contribution is -2.50. The maximum Gasteiger partial charge on any atom is 0.432 e. The van der Waals surface area contributed by atoms with Gasteiger partial charge in [-0.2, -0.15) is 18.4 Å². The summed E-state index contributed by atoms with van der Waals surface area (Å²) >= 11 is 0. The van der Waals surface area contributed by atoms with Crippen LogP contribution in [0.1, 0.15) is 24.5 Å². The maximum absolute atomic E-state index is 13.9. The summed E-state index contributed by atoms with van der Waals surface area (Å²) in [7, 11) is 0. The van der Waals surface area contributed by atoms with E-state index in [0.717, 1.165) is 6.20 Å². The van der Waals surface area contributed by atoms with Gasteiger partial charge in [0.25, 0.3) is 5.60 Å². The number of nitriles is 1. The summed E-state index contributed by atoms with van der Waals surface area (Å²) in [5.74, 6) is -2.56. The van der Waals surface area contributed by atoms with Gasteiger partial charge in [-0.3, -0.25) is 0 Å². The Labute approximate surface area is 169 Å². The SMILES string of the molecule is CCOC(=O)C(O)(c1cn(CC2C=CC=C(F)C2)c2cc(C#N)ccc12)C(F)(F)F. The van der Waals surface area contributed by atoms with Crippen molar-refractivity contribution in [1.82, 2.24) is 4.57 Å². The Morgan fingerprint density at radius 1 is 1.40 bits per heavy atom. The first-order valence-corrected chi connectivity index (χ1v) is 9.14. The fourth-order valence-corrected chi connectivity index (χ4v) is 3.50.